The molecule has 0 amide bonds. The van der Waals surface area contributed by atoms with Gasteiger partial charge < -0.3 is 24.3 Å². The molecular weight excluding hydrogens is 456 g/mol. The second-order valence-electron chi connectivity index (χ2n) is 9.12. The van der Waals surface area contributed by atoms with Crippen molar-refractivity contribution in [2.75, 3.05) is 37.0 Å². The molecule has 1 saturated heterocycles. The fraction of sp³-hybridized carbons (Fsp3) is 0.269. The molecule has 0 atom stereocenters. The summed E-state index contributed by atoms with van der Waals surface area (Å²) in [4.78, 5) is 24.5. The number of nitrogens with one attached hydrogen (secondary N) is 1. The first kappa shape index (κ1) is 22.2. The van der Waals surface area contributed by atoms with Crippen molar-refractivity contribution in [3.63, 3.8) is 0 Å². The molecule has 1 aliphatic heterocycles. The summed E-state index contributed by atoms with van der Waals surface area (Å²) in [6.45, 7) is 4.42. The zero-order valence-electron chi connectivity index (χ0n) is 20.3. The second kappa shape index (κ2) is 9.04. The van der Waals surface area contributed by atoms with E-state index in [-0.39, 0.29) is 0 Å². The first-order valence-electron chi connectivity index (χ1n) is 11.8. The van der Waals surface area contributed by atoms with Gasteiger partial charge in [0.2, 0.25) is 5.95 Å². The number of ether oxygens (including phenoxy) is 2. The number of aromatic nitrogens is 6. The summed E-state index contributed by atoms with van der Waals surface area (Å²) in [5, 5.41) is 3.39. The van der Waals surface area contributed by atoms with Crippen molar-refractivity contribution >= 4 is 39.5 Å². The lowest BCUT2D eigenvalue weighted by atomic mass is 10.1. The highest BCUT2D eigenvalue weighted by atomic mass is 16.5. The van der Waals surface area contributed by atoms with Gasteiger partial charge in [-0.25, -0.2) is 24.9 Å². The van der Waals surface area contributed by atoms with Gasteiger partial charge in [-0.3, -0.25) is 0 Å². The van der Waals surface area contributed by atoms with E-state index < -0.39 is 0 Å². The molecule has 0 spiro atoms. The maximum Gasteiger partial charge on any atom is 0.225 e. The van der Waals surface area contributed by atoms with Gasteiger partial charge in [0.1, 0.15) is 28.9 Å². The zero-order valence-corrected chi connectivity index (χ0v) is 20.3. The molecule has 0 radical (unpaired) electrons. The molecule has 6 rings (SSSR count). The standard InChI is InChI=1S/C26H26N8O2/c1-16-8-18(4-7-23(16)36-19-5-6-22-20(9-19)30-15-34(22)3)31-25-24-21(28-14-29-25)10-27-26(32-24)33(2)11-17-12-35-13-17/h4-10,14-15,17H,11-13H2,1-3H3,(H,28,29,31). The molecule has 10 heteroatoms. The minimum atomic E-state index is 0.508. The number of benzene rings is 2. The highest BCUT2D eigenvalue weighted by Crippen LogP contribution is 2.31. The largest absolute Gasteiger partial charge is 0.457 e. The third-order valence-corrected chi connectivity index (χ3v) is 6.31. The van der Waals surface area contributed by atoms with Crippen LogP contribution in [0.25, 0.3) is 22.1 Å². The molecule has 2 aromatic carbocycles. The van der Waals surface area contributed by atoms with Gasteiger partial charge in [0.05, 0.1) is 36.8 Å². The van der Waals surface area contributed by atoms with Crippen LogP contribution in [-0.4, -0.2) is 56.3 Å². The summed E-state index contributed by atoms with van der Waals surface area (Å²) in [6.07, 6.45) is 5.05. The highest BCUT2D eigenvalue weighted by molar-refractivity contribution is 5.87. The summed E-state index contributed by atoms with van der Waals surface area (Å²) < 4.78 is 13.4. The number of anilines is 3. The van der Waals surface area contributed by atoms with Gasteiger partial charge in [-0.05, 0) is 42.8 Å². The minimum absolute atomic E-state index is 0.508. The van der Waals surface area contributed by atoms with Crippen molar-refractivity contribution < 1.29 is 9.47 Å². The quantitative estimate of drug-likeness (QED) is 0.365. The summed E-state index contributed by atoms with van der Waals surface area (Å²) in [5.74, 6) is 3.28. The van der Waals surface area contributed by atoms with E-state index in [1.165, 1.54) is 6.33 Å². The molecular formula is C26H26N8O2. The van der Waals surface area contributed by atoms with Crippen molar-refractivity contribution in [2.45, 2.75) is 6.92 Å². The van der Waals surface area contributed by atoms with Crippen molar-refractivity contribution in [2.24, 2.45) is 13.0 Å². The molecule has 1 fully saturated rings. The Kier molecular flexibility index (Phi) is 5.57. The molecule has 1 aliphatic rings. The lowest BCUT2D eigenvalue weighted by Gasteiger charge is -2.30. The minimum Gasteiger partial charge on any atom is -0.457 e. The third kappa shape index (κ3) is 4.27. The molecule has 182 valence electrons. The van der Waals surface area contributed by atoms with E-state index in [9.17, 15) is 0 Å². The first-order chi connectivity index (χ1) is 17.5. The summed E-state index contributed by atoms with van der Waals surface area (Å²) in [6, 6.07) is 11.8. The summed E-state index contributed by atoms with van der Waals surface area (Å²) >= 11 is 0. The van der Waals surface area contributed by atoms with Gasteiger partial charge in [-0.1, -0.05) is 0 Å². The van der Waals surface area contributed by atoms with Gasteiger partial charge in [0.15, 0.2) is 5.82 Å². The predicted octanol–water partition coefficient (Wildman–Crippen LogP) is 4.23. The van der Waals surface area contributed by atoms with Crippen LogP contribution in [0.4, 0.5) is 17.5 Å². The lowest BCUT2D eigenvalue weighted by molar-refractivity contribution is -0.0273. The van der Waals surface area contributed by atoms with E-state index in [1.54, 1.807) is 12.5 Å². The number of fused-ring (bicyclic) bond motifs is 2. The van der Waals surface area contributed by atoms with Crippen molar-refractivity contribution in [3.8, 4) is 11.5 Å². The fourth-order valence-electron chi connectivity index (χ4n) is 4.26. The van der Waals surface area contributed by atoms with Crippen LogP contribution in [0.3, 0.4) is 0 Å². The molecule has 0 unspecified atom stereocenters. The predicted molar refractivity (Wildman–Crippen MR) is 138 cm³/mol. The topological polar surface area (TPSA) is 103 Å². The molecule has 36 heavy (non-hydrogen) atoms. The van der Waals surface area contributed by atoms with Gasteiger partial charge >= 0.3 is 0 Å². The molecule has 1 N–H and O–H groups in total. The van der Waals surface area contributed by atoms with Gasteiger partial charge in [0, 0.05) is 38.3 Å². The summed E-state index contributed by atoms with van der Waals surface area (Å²) in [7, 11) is 3.96. The number of hydrogen-bond donors (Lipinski definition) is 1. The maximum atomic E-state index is 6.15. The normalized spacial score (nSPS) is 13.6. The van der Waals surface area contributed by atoms with E-state index >= 15 is 0 Å². The average molecular weight is 483 g/mol. The van der Waals surface area contributed by atoms with Crippen LogP contribution in [0.5, 0.6) is 11.5 Å². The lowest BCUT2D eigenvalue weighted by Crippen LogP contribution is -2.38. The van der Waals surface area contributed by atoms with Crippen LogP contribution in [0, 0.1) is 12.8 Å². The van der Waals surface area contributed by atoms with Gasteiger partial charge in [-0.2, -0.15) is 0 Å². The number of rotatable bonds is 7. The highest BCUT2D eigenvalue weighted by Gasteiger charge is 2.21. The molecule has 5 aromatic rings. The number of imidazole rings is 1. The Balaban J connectivity index is 1.23. The van der Waals surface area contributed by atoms with Crippen LogP contribution in [-0.2, 0) is 11.8 Å². The van der Waals surface area contributed by atoms with Crippen molar-refractivity contribution in [1.82, 2.24) is 29.5 Å². The monoisotopic (exact) mass is 482 g/mol. The summed E-state index contributed by atoms with van der Waals surface area (Å²) in [5.41, 5.74) is 5.16. The second-order valence-corrected chi connectivity index (χ2v) is 9.12. The fourth-order valence-corrected chi connectivity index (χ4v) is 4.26. The van der Waals surface area contributed by atoms with Gasteiger partial charge in [0.25, 0.3) is 0 Å². The van der Waals surface area contributed by atoms with Crippen LogP contribution >= 0.6 is 0 Å². The van der Waals surface area contributed by atoms with Crippen molar-refractivity contribution in [3.05, 3.63) is 60.8 Å². The first-order valence-corrected chi connectivity index (χ1v) is 11.8. The van der Waals surface area contributed by atoms with E-state index in [1.807, 2.05) is 66.9 Å². The molecule has 0 aliphatic carbocycles. The van der Waals surface area contributed by atoms with E-state index in [0.29, 0.717) is 28.7 Å². The molecule has 0 saturated carbocycles. The van der Waals surface area contributed by atoms with E-state index in [2.05, 4.69) is 25.3 Å². The Morgan fingerprint density at radius 3 is 2.78 bits per heavy atom. The Morgan fingerprint density at radius 2 is 1.97 bits per heavy atom. The van der Waals surface area contributed by atoms with Crippen LogP contribution < -0.4 is 15.0 Å². The molecule has 0 bridgehead atoms. The Hall–Kier alpha value is -4.31. The maximum absolute atomic E-state index is 6.15. The number of nitrogens with zero attached hydrogens (tertiary/aromatic N) is 7. The Bertz CT molecular complexity index is 1560. The van der Waals surface area contributed by atoms with Crippen LogP contribution in [0.2, 0.25) is 0 Å². The van der Waals surface area contributed by atoms with Gasteiger partial charge in [-0.15, -0.1) is 0 Å². The average Bonchev–Trinajstić information content (AvgIpc) is 3.23. The number of hydrogen-bond acceptors (Lipinski definition) is 9. The third-order valence-electron chi connectivity index (χ3n) is 6.31. The van der Waals surface area contributed by atoms with E-state index in [0.717, 1.165) is 53.5 Å². The zero-order chi connectivity index (χ0) is 24.6. The Morgan fingerprint density at radius 1 is 1.08 bits per heavy atom. The smallest absolute Gasteiger partial charge is 0.225 e. The van der Waals surface area contributed by atoms with Crippen LogP contribution in [0.15, 0.2) is 55.2 Å². The SMILES string of the molecule is Cc1cc(Nc2ncnc3cnc(N(C)CC4COC4)nc23)ccc1Oc1ccc2c(c1)ncn2C. The van der Waals surface area contributed by atoms with E-state index in [4.69, 9.17) is 14.5 Å². The number of aryl methyl sites for hydroxylation is 2. The molecule has 10 nitrogen and oxygen atoms in total. The molecule has 3 aromatic heterocycles. The van der Waals surface area contributed by atoms with Crippen LogP contribution in [0.1, 0.15) is 5.56 Å². The Labute approximate surface area is 208 Å². The van der Waals surface area contributed by atoms with Crippen molar-refractivity contribution in [1.29, 1.82) is 0 Å². The molecule has 4 heterocycles.